The Morgan fingerprint density at radius 2 is 1.78 bits per heavy atom. The fourth-order valence-electron chi connectivity index (χ4n) is 2.31. The molecule has 0 aliphatic heterocycles. The fourth-order valence-corrected chi connectivity index (χ4v) is 2.98. The molecule has 5 nitrogen and oxygen atoms in total. The molecule has 3 aromatic rings. The molecule has 0 atom stereocenters. The second-order valence-electron chi connectivity index (χ2n) is 6.10. The number of halogens is 1. The molecule has 27 heavy (non-hydrogen) atoms. The molecule has 0 saturated carbocycles. The van der Waals surface area contributed by atoms with Gasteiger partial charge in [0.1, 0.15) is 5.82 Å². The molecular formula is C20H16FN2O3S-. The zero-order chi connectivity index (χ0) is 19.4. The molecular weight excluding hydrogens is 367 g/mol. The fraction of sp³-hybridized carbons (Fsp3) is 0.150. The number of thioether (sulfide) groups is 1. The first kappa shape index (κ1) is 18.8. The minimum absolute atomic E-state index is 0.0541. The number of aromatic nitrogens is 2. The maximum absolute atomic E-state index is 13.0. The molecule has 0 bridgehead atoms. The van der Waals surface area contributed by atoms with Crippen LogP contribution in [0.3, 0.4) is 0 Å². The van der Waals surface area contributed by atoms with Crippen molar-refractivity contribution in [3.05, 3.63) is 70.4 Å². The molecule has 0 aliphatic rings. The van der Waals surface area contributed by atoms with Crippen molar-refractivity contribution in [1.29, 1.82) is 0 Å². The number of rotatable bonds is 6. The third-order valence-electron chi connectivity index (χ3n) is 3.80. The van der Waals surface area contributed by atoms with Gasteiger partial charge in [0.15, 0.2) is 0 Å². The van der Waals surface area contributed by atoms with Crippen LogP contribution in [0.2, 0.25) is 0 Å². The molecule has 138 valence electrons. The van der Waals surface area contributed by atoms with Crippen molar-refractivity contribution in [3.63, 3.8) is 0 Å². The van der Waals surface area contributed by atoms with E-state index in [4.69, 9.17) is 4.42 Å². The summed E-state index contributed by atoms with van der Waals surface area (Å²) < 4.78 is 18.5. The highest BCUT2D eigenvalue weighted by atomic mass is 32.2. The lowest BCUT2D eigenvalue weighted by Gasteiger charge is -2.07. The van der Waals surface area contributed by atoms with Gasteiger partial charge < -0.3 is 14.3 Å². The van der Waals surface area contributed by atoms with Crippen LogP contribution in [0.15, 0.2) is 63.1 Å². The van der Waals surface area contributed by atoms with Gasteiger partial charge in [0.2, 0.25) is 5.89 Å². The van der Waals surface area contributed by atoms with E-state index >= 15 is 0 Å². The van der Waals surface area contributed by atoms with E-state index in [1.54, 1.807) is 0 Å². The van der Waals surface area contributed by atoms with Crippen LogP contribution in [0.25, 0.3) is 17.5 Å². The molecule has 7 heteroatoms. The molecule has 1 aromatic heterocycles. The molecule has 0 amide bonds. The smallest absolute Gasteiger partial charge is 0.281 e. The number of nitrogens with zero attached hydrogens (tertiary/aromatic N) is 2. The highest BCUT2D eigenvalue weighted by Crippen LogP contribution is 2.29. The summed E-state index contributed by atoms with van der Waals surface area (Å²) in [5.74, 6) is -1.15. The van der Waals surface area contributed by atoms with Crippen molar-refractivity contribution in [2.75, 3.05) is 0 Å². The van der Waals surface area contributed by atoms with E-state index in [9.17, 15) is 14.3 Å². The molecule has 3 rings (SSSR count). The van der Waals surface area contributed by atoms with Crippen molar-refractivity contribution in [3.8, 4) is 11.5 Å². The van der Waals surface area contributed by atoms with E-state index < -0.39 is 5.97 Å². The van der Waals surface area contributed by atoms with Crippen molar-refractivity contribution in [2.45, 2.75) is 25.0 Å². The van der Waals surface area contributed by atoms with Crippen molar-refractivity contribution in [1.82, 2.24) is 10.2 Å². The Kier molecular flexibility index (Phi) is 5.71. The van der Waals surface area contributed by atoms with Crippen LogP contribution >= 0.6 is 11.8 Å². The summed E-state index contributed by atoms with van der Waals surface area (Å²) in [6, 6.07) is 13.2. The summed E-state index contributed by atoms with van der Waals surface area (Å²) in [7, 11) is 0. The van der Waals surface area contributed by atoms with Crippen LogP contribution < -0.4 is 5.11 Å². The Morgan fingerprint density at radius 1 is 1.11 bits per heavy atom. The largest absolute Gasteiger partial charge is 0.544 e. The Bertz CT molecular complexity index is 964. The summed E-state index contributed by atoms with van der Waals surface area (Å²) in [4.78, 5) is 11.4. The number of carbonyl (C=O) groups excluding carboxylic acids is 1. The van der Waals surface area contributed by atoms with Crippen molar-refractivity contribution >= 4 is 23.8 Å². The Hall–Kier alpha value is -2.93. The summed E-state index contributed by atoms with van der Waals surface area (Å²) in [6.45, 7) is 4.17. The second kappa shape index (κ2) is 8.18. The standard InChI is InChI=1S/C20H17FN2O3S/c1-12(2)14-5-3-13(4-6-14)11-17(19(24)25)27-20-23-22-18(26-20)15-7-9-16(21)10-8-15/h3-12H,1-2H3,(H,24,25)/p-1/b17-11+. The highest BCUT2D eigenvalue weighted by molar-refractivity contribution is 8.03. The highest BCUT2D eigenvalue weighted by Gasteiger charge is 2.12. The van der Waals surface area contributed by atoms with Crippen LogP contribution in [0.1, 0.15) is 30.9 Å². The van der Waals surface area contributed by atoms with E-state index in [0.717, 1.165) is 22.9 Å². The molecule has 0 N–H and O–H groups in total. The van der Waals surface area contributed by atoms with E-state index in [1.165, 1.54) is 30.3 Å². The van der Waals surface area contributed by atoms with Crippen LogP contribution in [-0.4, -0.2) is 16.2 Å². The van der Waals surface area contributed by atoms with Crippen LogP contribution in [-0.2, 0) is 4.79 Å². The lowest BCUT2D eigenvalue weighted by Crippen LogP contribution is -2.23. The Labute approximate surface area is 159 Å². The number of carboxylic acids is 1. The average molecular weight is 383 g/mol. The van der Waals surface area contributed by atoms with Gasteiger partial charge in [-0.05, 0) is 59.1 Å². The normalized spacial score (nSPS) is 11.8. The number of hydrogen-bond donors (Lipinski definition) is 0. The Morgan fingerprint density at radius 3 is 2.37 bits per heavy atom. The van der Waals surface area contributed by atoms with Gasteiger partial charge in [0.05, 0.1) is 5.97 Å². The quantitative estimate of drug-likeness (QED) is 0.475. The zero-order valence-electron chi connectivity index (χ0n) is 14.7. The zero-order valence-corrected chi connectivity index (χ0v) is 15.5. The SMILES string of the molecule is CC(C)c1ccc(/C=C(/Sc2nnc(-c3ccc(F)cc3)o2)C(=O)[O-])cc1. The van der Waals surface area contributed by atoms with Crippen molar-refractivity contribution < 1.29 is 18.7 Å². The summed E-state index contributed by atoms with van der Waals surface area (Å²) >= 11 is 0.806. The lowest BCUT2D eigenvalue weighted by molar-refractivity contribution is -0.298. The minimum atomic E-state index is -1.34. The number of hydrogen-bond acceptors (Lipinski definition) is 6. The lowest BCUT2D eigenvalue weighted by atomic mass is 10.0. The molecule has 0 spiro atoms. The average Bonchev–Trinajstić information content (AvgIpc) is 3.10. The topological polar surface area (TPSA) is 79.0 Å². The van der Waals surface area contributed by atoms with Crippen LogP contribution in [0.4, 0.5) is 4.39 Å². The van der Waals surface area contributed by atoms with Crippen molar-refractivity contribution in [2.24, 2.45) is 0 Å². The maximum atomic E-state index is 13.0. The molecule has 0 unspecified atom stereocenters. The summed E-state index contributed by atoms with van der Waals surface area (Å²) in [6.07, 6.45) is 1.49. The number of aliphatic carboxylic acids is 1. The monoisotopic (exact) mass is 383 g/mol. The molecule has 2 aromatic carbocycles. The van der Waals surface area contributed by atoms with Crippen LogP contribution in [0, 0.1) is 5.82 Å². The molecule has 0 saturated heterocycles. The number of carboxylic acid groups (broad SMARTS) is 1. The van der Waals surface area contributed by atoms with Gasteiger partial charge in [-0.3, -0.25) is 0 Å². The molecule has 1 heterocycles. The molecule has 0 aliphatic carbocycles. The van der Waals surface area contributed by atoms with E-state index in [0.29, 0.717) is 11.5 Å². The number of carbonyl (C=O) groups is 1. The Balaban J connectivity index is 1.80. The maximum Gasteiger partial charge on any atom is 0.281 e. The second-order valence-corrected chi connectivity index (χ2v) is 7.09. The first-order valence-corrected chi connectivity index (χ1v) is 9.04. The van der Waals surface area contributed by atoms with Gasteiger partial charge in [0, 0.05) is 10.5 Å². The van der Waals surface area contributed by atoms with E-state index in [-0.39, 0.29) is 21.8 Å². The van der Waals surface area contributed by atoms with Gasteiger partial charge in [-0.25, -0.2) is 4.39 Å². The van der Waals surface area contributed by atoms with E-state index in [1.807, 2.05) is 24.3 Å². The van der Waals surface area contributed by atoms with Gasteiger partial charge in [0.25, 0.3) is 5.22 Å². The van der Waals surface area contributed by atoms with Gasteiger partial charge in [-0.1, -0.05) is 38.1 Å². The third-order valence-corrected chi connectivity index (χ3v) is 4.64. The minimum Gasteiger partial charge on any atom is -0.544 e. The first-order chi connectivity index (χ1) is 12.9. The van der Waals surface area contributed by atoms with Gasteiger partial charge >= 0.3 is 0 Å². The number of benzene rings is 2. The summed E-state index contributed by atoms with van der Waals surface area (Å²) in [5, 5.41) is 19.2. The third kappa shape index (κ3) is 4.83. The predicted octanol–water partition coefficient (Wildman–Crippen LogP) is 3.88. The molecule has 0 fully saturated rings. The molecule has 0 radical (unpaired) electrons. The predicted molar refractivity (Wildman–Crippen MR) is 99.1 cm³/mol. The first-order valence-electron chi connectivity index (χ1n) is 8.22. The summed E-state index contributed by atoms with van der Waals surface area (Å²) in [5.41, 5.74) is 2.43. The van der Waals surface area contributed by atoms with E-state index in [2.05, 4.69) is 24.0 Å². The van der Waals surface area contributed by atoms with Gasteiger partial charge in [-0.15, -0.1) is 10.2 Å². The van der Waals surface area contributed by atoms with Gasteiger partial charge in [-0.2, -0.15) is 0 Å². The van der Waals surface area contributed by atoms with Crippen LogP contribution in [0.5, 0.6) is 0 Å².